The van der Waals surface area contributed by atoms with Crippen molar-refractivity contribution < 1.29 is 33.4 Å². The topological polar surface area (TPSA) is 184 Å². The number of ether oxygens (including phenoxy) is 3. The lowest BCUT2D eigenvalue weighted by Crippen LogP contribution is -2.53. The molecule has 6 rings (SSSR count). The molecule has 15 heteroatoms. The Kier molecular flexibility index (Phi) is 13.8. The predicted molar refractivity (Wildman–Crippen MR) is 223 cm³/mol. The fraction of sp³-hybridized carbons (Fsp3) is 0.500. The Balaban J connectivity index is 1.14. The van der Waals surface area contributed by atoms with E-state index in [-0.39, 0.29) is 47.7 Å². The van der Waals surface area contributed by atoms with Crippen molar-refractivity contribution in [3.63, 3.8) is 0 Å². The molecule has 2 aromatic heterocycles. The number of nitrogens with zero attached hydrogens (tertiary/aromatic N) is 4. The summed E-state index contributed by atoms with van der Waals surface area (Å²) in [5.41, 5.74) is 5.70. The molecule has 59 heavy (non-hydrogen) atoms. The summed E-state index contributed by atoms with van der Waals surface area (Å²) in [6.07, 6.45) is 5.34. The Hall–Kier alpha value is -5.70. The molecule has 4 amide bonds. The number of carbonyl (C=O) groups excluding carboxylic acids is 4. The van der Waals surface area contributed by atoms with E-state index in [0.29, 0.717) is 25.4 Å². The molecule has 0 aliphatic carbocycles. The number of rotatable bonds is 14. The molecule has 0 saturated carbocycles. The number of hydrogen-bond acceptors (Lipinski definition) is 9. The molecule has 2 saturated heterocycles. The molecule has 2 aromatic carbocycles. The van der Waals surface area contributed by atoms with Gasteiger partial charge in [0.2, 0.25) is 11.8 Å². The minimum absolute atomic E-state index is 0.00364. The normalized spacial score (nSPS) is 20.6. The van der Waals surface area contributed by atoms with E-state index in [1.165, 1.54) is 14.2 Å². The summed E-state index contributed by atoms with van der Waals surface area (Å²) in [5, 5.41) is 5.47. The molecule has 7 atom stereocenters. The minimum atomic E-state index is -0.741. The number of alkyl carbamates (subject to hydrolysis) is 2. The Morgan fingerprint density at radius 3 is 1.75 bits per heavy atom. The number of likely N-dealkylation sites (tertiary alicyclic amines) is 2. The summed E-state index contributed by atoms with van der Waals surface area (Å²) in [7, 11) is 4.24. The molecule has 2 fully saturated rings. The van der Waals surface area contributed by atoms with Crippen LogP contribution in [0.15, 0.2) is 60.9 Å². The SMILES string of the molecule is CC[C@H](C)[C@H](NC(=O)OC)C(=O)N1[C@@H](C)CC[C@H]1c1ncc(-c2ccc(-c3ccc(-c4cnc([C@@H]5C[C@H](COC)CN5C(=O)[C@@H](NC(=O)OC)C(C)C)[nH]4)cc3)cc2)[nH]1. The maximum Gasteiger partial charge on any atom is 0.407 e. The highest BCUT2D eigenvalue weighted by atomic mass is 16.5. The maximum absolute atomic E-state index is 13.9. The van der Waals surface area contributed by atoms with Crippen molar-refractivity contribution in [2.24, 2.45) is 17.8 Å². The number of aromatic amines is 2. The van der Waals surface area contributed by atoms with Gasteiger partial charge < -0.3 is 44.6 Å². The zero-order valence-corrected chi connectivity index (χ0v) is 35.3. The van der Waals surface area contributed by atoms with E-state index in [2.05, 4.69) is 57.0 Å². The van der Waals surface area contributed by atoms with Crippen molar-refractivity contribution in [2.75, 3.05) is 34.5 Å². The monoisotopic (exact) mass is 810 g/mol. The standard InChI is InChI=1S/C44H58N8O7/c1-9-26(4)38(50-44(56)59-8)42(54)52-27(5)10-19-35(52)39-45-21-33(47-39)31-15-11-29(12-16-31)30-13-17-32(18-14-30)34-22-46-40(48-34)36-20-28(24-57-6)23-51(36)41(53)37(25(2)3)49-43(55)58-7/h11-18,21-22,25-28,35-38H,9-10,19-20,23-24H2,1-8H3,(H,45,47)(H,46,48)(H,49,55)(H,50,56)/t26-,27-,28-,35-,36-,37-,38-/m0/s1. The van der Waals surface area contributed by atoms with Gasteiger partial charge in [0.1, 0.15) is 23.7 Å². The number of H-pyrrole nitrogens is 2. The van der Waals surface area contributed by atoms with Gasteiger partial charge in [-0.2, -0.15) is 0 Å². The van der Waals surface area contributed by atoms with Gasteiger partial charge in [-0.15, -0.1) is 0 Å². The number of aromatic nitrogens is 4. The maximum atomic E-state index is 13.9. The highest BCUT2D eigenvalue weighted by Crippen LogP contribution is 2.38. The second kappa shape index (κ2) is 18.9. The van der Waals surface area contributed by atoms with E-state index in [4.69, 9.17) is 24.2 Å². The van der Waals surface area contributed by atoms with Crippen molar-refractivity contribution in [2.45, 2.75) is 90.5 Å². The predicted octanol–water partition coefficient (Wildman–Crippen LogP) is 6.87. The summed E-state index contributed by atoms with van der Waals surface area (Å²) in [5.74, 6) is 0.998. The summed E-state index contributed by atoms with van der Waals surface area (Å²) in [6.45, 7) is 10.8. The van der Waals surface area contributed by atoms with E-state index in [9.17, 15) is 19.2 Å². The van der Waals surface area contributed by atoms with Crippen molar-refractivity contribution in [3.05, 3.63) is 72.6 Å². The average molecular weight is 811 g/mol. The van der Waals surface area contributed by atoms with Crippen LogP contribution in [0.1, 0.15) is 84.0 Å². The molecule has 0 spiro atoms. The molecule has 316 valence electrons. The summed E-state index contributed by atoms with van der Waals surface area (Å²) in [6, 6.07) is 14.5. The Morgan fingerprint density at radius 1 is 0.746 bits per heavy atom. The second-order valence-corrected chi connectivity index (χ2v) is 16.1. The van der Waals surface area contributed by atoms with Crippen LogP contribution in [0.4, 0.5) is 9.59 Å². The first-order valence-electron chi connectivity index (χ1n) is 20.5. The van der Waals surface area contributed by atoms with Crippen LogP contribution in [-0.4, -0.2) is 106 Å². The van der Waals surface area contributed by atoms with Crippen LogP contribution in [0, 0.1) is 17.8 Å². The molecule has 4 N–H and O–H groups in total. The quantitative estimate of drug-likeness (QED) is 0.106. The van der Waals surface area contributed by atoms with Crippen LogP contribution in [-0.2, 0) is 23.8 Å². The van der Waals surface area contributed by atoms with Gasteiger partial charge in [0.05, 0.1) is 56.7 Å². The molecule has 2 aliphatic rings. The van der Waals surface area contributed by atoms with Gasteiger partial charge in [-0.25, -0.2) is 19.6 Å². The smallest absolute Gasteiger partial charge is 0.407 e. The first kappa shape index (κ1) is 42.9. The number of imidazole rings is 2. The lowest BCUT2D eigenvalue weighted by Gasteiger charge is -2.33. The number of methoxy groups -OCH3 is 3. The van der Waals surface area contributed by atoms with Gasteiger partial charge >= 0.3 is 12.2 Å². The summed E-state index contributed by atoms with van der Waals surface area (Å²) in [4.78, 5) is 72.1. The number of carbonyl (C=O) groups is 4. The molecular formula is C44H58N8O7. The molecule has 4 heterocycles. The Bertz CT molecular complexity index is 2060. The lowest BCUT2D eigenvalue weighted by atomic mass is 9.97. The van der Waals surface area contributed by atoms with Crippen molar-refractivity contribution in [3.8, 4) is 33.6 Å². The molecule has 4 aromatic rings. The highest BCUT2D eigenvalue weighted by molar-refractivity contribution is 5.87. The fourth-order valence-corrected chi connectivity index (χ4v) is 8.30. The lowest BCUT2D eigenvalue weighted by molar-refractivity contribution is -0.137. The van der Waals surface area contributed by atoms with E-state index < -0.39 is 24.3 Å². The van der Waals surface area contributed by atoms with Gasteiger partial charge in [0.15, 0.2) is 0 Å². The van der Waals surface area contributed by atoms with E-state index in [1.807, 2.05) is 57.8 Å². The summed E-state index contributed by atoms with van der Waals surface area (Å²) >= 11 is 0. The first-order chi connectivity index (χ1) is 28.4. The van der Waals surface area contributed by atoms with Crippen LogP contribution in [0.25, 0.3) is 33.6 Å². The molecular weight excluding hydrogens is 753 g/mol. The van der Waals surface area contributed by atoms with E-state index in [1.54, 1.807) is 18.2 Å². The van der Waals surface area contributed by atoms with Gasteiger partial charge in [-0.05, 0) is 60.3 Å². The highest BCUT2D eigenvalue weighted by Gasteiger charge is 2.43. The number of hydrogen-bond donors (Lipinski definition) is 4. The molecule has 15 nitrogen and oxygen atoms in total. The van der Waals surface area contributed by atoms with Crippen molar-refractivity contribution >= 4 is 24.0 Å². The van der Waals surface area contributed by atoms with Crippen LogP contribution in [0.2, 0.25) is 0 Å². The fourth-order valence-electron chi connectivity index (χ4n) is 8.30. The average Bonchev–Trinajstić information content (AvgIpc) is 4.08. The van der Waals surface area contributed by atoms with E-state index >= 15 is 0 Å². The van der Waals surface area contributed by atoms with Crippen molar-refractivity contribution in [1.29, 1.82) is 0 Å². The van der Waals surface area contributed by atoms with Gasteiger partial charge in [0.25, 0.3) is 0 Å². The van der Waals surface area contributed by atoms with Crippen LogP contribution in [0.5, 0.6) is 0 Å². The van der Waals surface area contributed by atoms with Gasteiger partial charge in [0, 0.05) is 25.6 Å². The van der Waals surface area contributed by atoms with Crippen molar-refractivity contribution in [1.82, 2.24) is 40.4 Å². The molecule has 2 aliphatic heterocycles. The zero-order valence-electron chi connectivity index (χ0n) is 35.3. The number of nitrogens with one attached hydrogen (secondary N) is 4. The van der Waals surface area contributed by atoms with Crippen LogP contribution < -0.4 is 10.6 Å². The Morgan fingerprint density at radius 2 is 1.25 bits per heavy atom. The van der Waals surface area contributed by atoms with E-state index in [0.717, 1.165) is 58.7 Å². The molecule has 0 bridgehead atoms. The van der Waals surface area contributed by atoms with Gasteiger partial charge in [-0.3, -0.25) is 9.59 Å². The molecule has 0 unspecified atom stereocenters. The zero-order chi connectivity index (χ0) is 42.4. The third-order valence-electron chi connectivity index (χ3n) is 11.9. The third kappa shape index (κ3) is 9.46. The third-order valence-corrected chi connectivity index (χ3v) is 11.9. The van der Waals surface area contributed by atoms with Crippen LogP contribution >= 0.6 is 0 Å². The largest absolute Gasteiger partial charge is 0.453 e. The second-order valence-electron chi connectivity index (χ2n) is 16.1. The molecule has 0 radical (unpaired) electrons. The number of amides is 4. The minimum Gasteiger partial charge on any atom is -0.453 e. The van der Waals surface area contributed by atoms with Gasteiger partial charge in [-0.1, -0.05) is 82.6 Å². The first-order valence-corrected chi connectivity index (χ1v) is 20.5. The number of benzene rings is 2. The van der Waals surface area contributed by atoms with Crippen LogP contribution in [0.3, 0.4) is 0 Å². The summed E-state index contributed by atoms with van der Waals surface area (Å²) < 4.78 is 15.1. The Labute approximate surface area is 346 Å².